The van der Waals surface area contributed by atoms with Crippen molar-refractivity contribution in [3.8, 4) is 0 Å². The molecule has 0 unspecified atom stereocenters. The average molecular weight is 429 g/mol. The van der Waals surface area contributed by atoms with Crippen LogP contribution in [0.3, 0.4) is 0 Å². The third kappa shape index (κ3) is 4.81. The van der Waals surface area contributed by atoms with Crippen LogP contribution in [0, 0.1) is 6.92 Å². The molecule has 0 fully saturated rings. The molecule has 3 aromatic rings. The zero-order chi connectivity index (χ0) is 22.1. The maximum Gasteiger partial charge on any atom is 0.410 e. The number of carbonyl (C=O) groups is 2. The smallest absolute Gasteiger partial charge is 0.410 e. The first-order valence-electron chi connectivity index (χ1n) is 9.89. The van der Waals surface area contributed by atoms with E-state index in [-0.39, 0.29) is 12.0 Å². The highest BCUT2D eigenvalue weighted by Gasteiger charge is 2.22. The van der Waals surface area contributed by atoms with E-state index in [2.05, 4.69) is 10.4 Å². The van der Waals surface area contributed by atoms with Crippen molar-refractivity contribution in [2.24, 2.45) is 7.05 Å². The predicted molar refractivity (Wildman–Crippen MR) is 120 cm³/mol. The quantitative estimate of drug-likeness (QED) is 0.624. The largest absolute Gasteiger partial charge is 0.444 e. The molecule has 0 spiro atoms. The van der Waals surface area contributed by atoms with Crippen LogP contribution < -0.4 is 5.32 Å². The van der Waals surface area contributed by atoms with Crippen molar-refractivity contribution in [2.75, 3.05) is 11.9 Å². The summed E-state index contributed by atoms with van der Waals surface area (Å²) in [5.74, 6) is -0.177. The number of para-hydroxylation sites is 1. The molecule has 0 saturated carbocycles. The van der Waals surface area contributed by atoms with Gasteiger partial charge < -0.3 is 15.0 Å². The molecule has 30 heavy (non-hydrogen) atoms. The number of ether oxygens (including phenoxy) is 1. The number of fused-ring (bicyclic) bond motifs is 1. The molecular formula is C22H28N4O3S. The second-order valence-electron chi connectivity index (χ2n) is 8.14. The summed E-state index contributed by atoms with van der Waals surface area (Å²) in [6.45, 7) is 10.2. The van der Waals surface area contributed by atoms with Crippen LogP contribution in [0.5, 0.6) is 0 Å². The van der Waals surface area contributed by atoms with E-state index >= 15 is 0 Å². The molecule has 2 aromatic heterocycles. The number of carbonyl (C=O) groups excluding carboxylic acids is 2. The van der Waals surface area contributed by atoms with E-state index in [1.807, 2.05) is 72.0 Å². The average Bonchev–Trinajstić information content (AvgIpc) is 3.21. The Morgan fingerprint density at radius 1 is 1.27 bits per heavy atom. The van der Waals surface area contributed by atoms with Crippen LogP contribution in [0.2, 0.25) is 0 Å². The van der Waals surface area contributed by atoms with Crippen molar-refractivity contribution in [1.29, 1.82) is 0 Å². The van der Waals surface area contributed by atoms with Gasteiger partial charge in [-0.3, -0.25) is 9.48 Å². The number of amides is 2. The van der Waals surface area contributed by atoms with E-state index in [0.29, 0.717) is 23.7 Å². The number of anilines is 1. The van der Waals surface area contributed by atoms with Crippen LogP contribution >= 0.6 is 11.3 Å². The SMILES string of the molecule is CCN(Cc1ccccc1NC(=O)c1cc2c(C)nn(C)c2s1)C(=O)OC(C)(C)C. The van der Waals surface area contributed by atoms with Crippen LogP contribution in [-0.4, -0.2) is 38.8 Å². The minimum Gasteiger partial charge on any atom is -0.444 e. The molecule has 0 radical (unpaired) electrons. The topological polar surface area (TPSA) is 76.5 Å². The zero-order valence-electron chi connectivity index (χ0n) is 18.3. The maximum absolute atomic E-state index is 12.9. The van der Waals surface area contributed by atoms with Crippen LogP contribution in [-0.2, 0) is 18.3 Å². The summed E-state index contributed by atoms with van der Waals surface area (Å²) in [5, 5.41) is 8.36. The lowest BCUT2D eigenvalue weighted by molar-refractivity contribution is 0.0245. The number of hydrogen-bond donors (Lipinski definition) is 1. The number of benzene rings is 1. The molecule has 3 rings (SSSR count). The van der Waals surface area contributed by atoms with E-state index in [1.54, 1.807) is 9.58 Å². The van der Waals surface area contributed by atoms with E-state index in [9.17, 15) is 9.59 Å². The van der Waals surface area contributed by atoms with Gasteiger partial charge in [0.05, 0.1) is 17.1 Å². The van der Waals surface area contributed by atoms with Crippen molar-refractivity contribution in [3.05, 3.63) is 46.5 Å². The van der Waals surface area contributed by atoms with Crippen LogP contribution in [0.1, 0.15) is 48.6 Å². The monoisotopic (exact) mass is 428 g/mol. The first kappa shape index (κ1) is 21.8. The lowest BCUT2D eigenvalue weighted by Crippen LogP contribution is -2.36. The fraction of sp³-hybridized carbons (Fsp3) is 0.409. The van der Waals surface area contributed by atoms with Crippen molar-refractivity contribution >= 4 is 39.2 Å². The third-order valence-electron chi connectivity index (χ3n) is 4.58. The zero-order valence-corrected chi connectivity index (χ0v) is 19.1. The first-order valence-corrected chi connectivity index (χ1v) is 10.7. The van der Waals surface area contributed by atoms with Crippen molar-refractivity contribution in [2.45, 2.75) is 46.8 Å². The predicted octanol–water partition coefficient (Wildman–Crippen LogP) is 4.95. The highest BCUT2D eigenvalue weighted by Crippen LogP contribution is 2.29. The Morgan fingerprint density at radius 2 is 1.97 bits per heavy atom. The summed E-state index contributed by atoms with van der Waals surface area (Å²) in [4.78, 5) is 28.6. The molecule has 7 nitrogen and oxygen atoms in total. The molecule has 8 heteroatoms. The van der Waals surface area contributed by atoms with Crippen molar-refractivity contribution < 1.29 is 14.3 Å². The van der Waals surface area contributed by atoms with Crippen molar-refractivity contribution in [1.82, 2.24) is 14.7 Å². The molecule has 2 heterocycles. The Bertz CT molecular complexity index is 1040. The number of aromatic nitrogens is 2. The summed E-state index contributed by atoms with van der Waals surface area (Å²) in [6.07, 6.45) is -0.376. The van der Waals surface area contributed by atoms with Gasteiger partial charge in [-0.1, -0.05) is 18.2 Å². The molecule has 0 bridgehead atoms. The van der Waals surface area contributed by atoms with Gasteiger partial charge in [0.2, 0.25) is 0 Å². The van der Waals surface area contributed by atoms with E-state index in [4.69, 9.17) is 4.74 Å². The summed E-state index contributed by atoms with van der Waals surface area (Å²) >= 11 is 1.41. The van der Waals surface area contributed by atoms with Gasteiger partial charge in [0.1, 0.15) is 10.4 Å². The summed E-state index contributed by atoms with van der Waals surface area (Å²) < 4.78 is 7.29. The number of rotatable bonds is 5. The van der Waals surface area contributed by atoms with Crippen LogP contribution in [0.25, 0.3) is 10.2 Å². The van der Waals surface area contributed by atoms with Gasteiger partial charge in [-0.2, -0.15) is 5.10 Å². The summed E-state index contributed by atoms with van der Waals surface area (Å²) in [6, 6.07) is 9.38. The Balaban J connectivity index is 1.79. The van der Waals surface area contributed by atoms with Gasteiger partial charge in [-0.15, -0.1) is 11.3 Å². The number of thiophene rings is 1. The van der Waals surface area contributed by atoms with Crippen LogP contribution in [0.15, 0.2) is 30.3 Å². The molecule has 0 atom stereocenters. The fourth-order valence-corrected chi connectivity index (χ4v) is 4.14. The first-order chi connectivity index (χ1) is 14.1. The lowest BCUT2D eigenvalue weighted by Gasteiger charge is -2.27. The minimum absolute atomic E-state index is 0.177. The molecule has 0 aliphatic heterocycles. The van der Waals surface area contributed by atoms with Crippen molar-refractivity contribution in [3.63, 3.8) is 0 Å². The highest BCUT2D eigenvalue weighted by molar-refractivity contribution is 7.20. The molecule has 2 amide bonds. The Morgan fingerprint density at radius 3 is 2.60 bits per heavy atom. The number of nitrogens with one attached hydrogen (secondary N) is 1. The molecule has 0 aliphatic carbocycles. The fourth-order valence-electron chi connectivity index (χ4n) is 3.12. The molecule has 160 valence electrons. The second kappa shape index (κ2) is 8.47. The van der Waals surface area contributed by atoms with E-state index < -0.39 is 5.60 Å². The van der Waals surface area contributed by atoms with Gasteiger partial charge in [0.25, 0.3) is 5.91 Å². The molecule has 0 aliphatic rings. The maximum atomic E-state index is 12.9. The van der Waals surface area contributed by atoms with Gasteiger partial charge in [-0.25, -0.2) is 4.79 Å². The Labute approximate surface area is 180 Å². The summed E-state index contributed by atoms with van der Waals surface area (Å²) in [7, 11) is 1.87. The Kier molecular flexibility index (Phi) is 6.17. The normalized spacial score (nSPS) is 11.5. The van der Waals surface area contributed by atoms with Crippen LogP contribution in [0.4, 0.5) is 10.5 Å². The summed E-state index contributed by atoms with van der Waals surface area (Å²) in [5.41, 5.74) is 1.86. The Hall–Kier alpha value is -2.87. The van der Waals surface area contributed by atoms with Gasteiger partial charge in [0, 0.05) is 24.7 Å². The lowest BCUT2D eigenvalue weighted by atomic mass is 10.1. The highest BCUT2D eigenvalue weighted by atomic mass is 32.1. The third-order valence-corrected chi connectivity index (χ3v) is 5.78. The standard InChI is InChI=1S/C22H28N4O3S/c1-7-26(21(28)29-22(3,4)5)13-15-10-8-9-11-17(15)23-19(27)18-12-16-14(2)24-25(6)20(16)30-18/h8-12H,7,13H2,1-6H3,(H,23,27). The second-order valence-corrected chi connectivity index (χ2v) is 9.17. The molecular weight excluding hydrogens is 400 g/mol. The molecule has 1 N–H and O–H groups in total. The minimum atomic E-state index is -0.563. The van der Waals surface area contributed by atoms with E-state index in [1.165, 1.54) is 11.3 Å². The van der Waals surface area contributed by atoms with E-state index in [0.717, 1.165) is 21.5 Å². The molecule has 0 saturated heterocycles. The van der Waals surface area contributed by atoms with Gasteiger partial charge >= 0.3 is 6.09 Å². The number of aryl methyl sites for hydroxylation is 2. The number of hydrogen-bond acceptors (Lipinski definition) is 5. The number of nitrogens with zero attached hydrogens (tertiary/aromatic N) is 3. The van der Waals surface area contributed by atoms with Gasteiger partial charge in [0.15, 0.2) is 0 Å². The van der Waals surface area contributed by atoms with Gasteiger partial charge in [-0.05, 0) is 52.3 Å². The molecule has 1 aromatic carbocycles.